The number of rotatable bonds is 3. The summed E-state index contributed by atoms with van der Waals surface area (Å²) in [5.74, 6) is 0. The minimum atomic E-state index is 0.518. The zero-order valence-electron chi connectivity index (χ0n) is 16.0. The van der Waals surface area contributed by atoms with E-state index in [-0.39, 0.29) is 0 Å². The molecule has 0 saturated carbocycles. The van der Waals surface area contributed by atoms with Crippen LogP contribution in [-0.2, 0) is 6.54 Å². The van der Waals surface area contributed by atoms with E-state index in [4.69, 9.17) is 0 Å². The lowest BCUT2D eigenvalue weighted by Gasteiger charge is -2.29. The van der Waals surface area contributed by atoms with Gasteiger partial charge in [-0.15, -0.1) is 0 Å². The first-order chi connectivity index (χ1) is 13.1. The fraction of sp³-hybridized carbons (Fsp3) is 0.348. The molecule has 0 aliphatic carbocycles. The lowest BCUT2D eigenvalue weighted by molar-refractivity contribution is 0.446. The molecule has 0 radical (unpaired) electrons. The number of hydrogen-bond acceptors (Lipinski definition) is 4. The molecule has 0 atom stereocenters. The number of anilines is 1. The molecule has 2 N–H and O–H groups in total. The van der Waals surface area contributed by atoms with Crippen molar-refractivity contribution in [3.05, 3.63) is 58.8 Å². The molecule has 138 valence electrons. The Morgan fingerprint density at radius 1 is 1.15 bits per heavy atom. The summed E-state index contributed by atoms with van der Waals surface area (Å²) < 4.78 is 0. The van der Waals surface area contributed by atoms with Gasteiger partial charge in [0.05, 0.1) is 11.6 Å². The van der Waals surface area contributed by atoms with Crippen molar-refractivity contribution in [3.8, 4) is 17.2 Å². The van der Waals surface area contributed by atoms with E-state index < -0.39 is 0 Å². The van der Waals surface area contributed by atoms with Crippen LogP contribution in [0.4, 0.5) is 5.69 Å². The molecule has 2 aromatic rings. The first-order valence-corrected chi connectivity index (χ1v) is 9.68. The Bertz CT molecular complexity index is 917. The van der Waals surface area contributed by atoms with Crippen LogP contribution in [0.25, 0.3) is 17.2 Å². The number of nitriles is 1. The predicted molar refractivity (Wildman–Crippen MR) is 111 cm³/mol. The highest BCUT2D eigenvalue weighted by molar-refractivity contribution is 5.77. The van der Waals surface area contributed by atoms with Crippen LogP contribution in [-0.4, -0.2) is 31.1 Å². The van der Waals surface area contributed by atoms with Crippen molar-refractivity contribution in [1.29, 1.82) is 5.26 Å². The SMILES string of the molecule is Cc1cc(-c2cc3c(c(NC4CCNCC4)c2)CN(C)C=C3)ccc1C#N. The Balaban J connectivity index is 1.75. The van der Waals surface area contributed by atoms with Crippen molar-refractivity contribution in [2.45, 2.75) is 32.4 Å². The Morgan fingerprint density at radius 2 is 1.96 bits per heavy atom. The van der Waals surface area contributed by atoms with E-state index in [0.717, 1.165) is 49.2 Å². The average Bonchev–Trinajstić information content (AvgIpc) is 2.69. The zero-order valence-corrected chi connectivity index (χ0v) is 16.0. The Morgan fingerprint density at radius 3 is 2.70 bits per heavy atom. The summed E-state index contributed by atoms with van der Waals surface area (Å²) >= 11 is 0. The molecule has 1 fully saturated rings. The minimum Gasteiger partial charge on any atom is -0.382 e. The lowest BCUT2D eigenvalue weighted by Crippen LogP contribution is -2.35. The molecule has 4 rings (SSSR count). The van der Waals surface area contributed by atoms with E-state index in [1.807, 2.05) is 13.0 Å². The second-order valence-electron chi connectivity index (χ2n) is 7.63. The van der Waals surface area contributed by atoms with Crippen molar-refractivity contribution in [1.82, 2.24) is 10.2 Å². The molecule has 0 amide bonds. The molecule has 0 aromatic heterocycles. The van der Waals surface area contributed by atoms with Gasteiger partial charge in [-0.2, -0.15) is 5.26 Å². The maximum atomic E-state index is 9.21. The fourth-order valence-electron chi connectivity index (χ4n) is 3.98. The van der Waals surface area contributed by atoms with Crippen LogP contribution < -0.4 is 10.6 Å². The normalized spacial score (nSPS) is 16.7. The van der Waals surface area contributed by atoms with Gasteiger partial charge in [0.1, 0.15) is 0 Å². The molecule has 4 heteroatoms. The molecule has 0 bridgehead atoms. The fourth-order valence-corrected chi connectivity index (χ4v) is 3.98. The molecular weight excluding hydrogens is 332 g/mol. The molecule has 2 aromatic carbocycles. The highest BCUT2D eigenvalue weighted by atomic mass is 15.1. The van der Waals surface area contributed by atoms with Crippen LogP contribution in [0, 0.1) is 18.3 Å². The summed E-state index contributed by atoms with van der Waals surface area (Å²) in [6.45, 7) is 5.08. The molecule has 0 spiro atoms. The van der Waals surface area contributed by atoms with Gasteiger partial charge < -0.3 is 15.5 Å². The number of nitrogens with one attached hydrogen (secondary N) is 2. The summed E-state index contributed by atoms with van der Waals surface area (Å²) in [5, 5.41) is 16.5. The molecule has 1 saturated heterocycles. The van der Waals surface area contributed by atoms with Gasteiger partial charge in [-0.1, -0.05) is 12.1 Å². The van der Waals surface area contributed by atoms with E-state index in [1.165, 1.54) is 22.4 Å². The zero-order chi connectivity index (χ0) is 18.8. The molecule has 2 aliphatic rings. The predicted octanol–water partition coefficient (Wildman–Crippen LogP) is 4.11. The highest BCUT2D eigenvalue weighted by Gasteiger charge is 2.19. The standard InChI is InChI=1S/C23H26N4/c1-16-11-17(3-4-19(16)14-24)20-12-18-7-10-27(2)15-22(18)23(13-20)26-21-5-8-25-9-6-21/h3-4,7,10-13,21,25-26H,5-6,8-9,15H2,1-2H3. The van der Waals surface area contributed by atoms with Crippen molar-refractivity contribution in [3.63, 3.8) is 0 Å². The van der Waals surface area contributed by atoms with Crippen molar-refractivity contribution >= 4 is 11.8 Å². The van der Waals surface area contributed by atoms with Gasteiger partial charge in [-0.05, 0) is 85.6 Å². The van der Waals surface area contributed by atoms with Crippen molar-refractivity contribution in [2.75, 3.05) is 25.5 Å². The van der Waals surface area contributed by atoms with Crippen LogP contribution >= 0.6 is 0 Å². The minimum absolute atomic E-state index is 0.518. The van der Waals surface area contributed by atoms with E-state index in [9.17, 15) is 5.26 Å². The van der Waals surface area contributed by atoms with Gasteiger partial charge in [0.15, 0.2) is 0 Å². The number of aryl methyl sites for hydroxylation is 1. The lowest BCUT2D eigenvalue weighted by atomic mass is 9.93. The number of benzene rings is 2. The molecule has 2 heterocycles. The Kier molecular flexibility index (Phi) is 4.87. The van der Waals surface area contributed by atoms with Crippen LogP contribution in [0.2, 0.25) is 0 Å². The summed E-state index contributed by atoms with van der Waals surface area (Å²) in [6, 6.07) is 13.4. The number of piperidine rings is 1. The van der Waals surface area contributed by atoms with Gasteiger partial charge in [0.2, 0.25) is 0 Å². The van der Waals surface area contributed by atoms with Gasteiger partial charge in [-0.25, -0.2) is 0 Å². The van der Waals surface area contributed by atoms with Gasteiger partial charge in [0, 0.05) is 30.9 Å². The number of hydrogen-bond donors (Lipinski definition) is 2. The second kappa shape index (κ2) is 7.46. The molecule has 0 unspecified atom stereocenters. The Hall–Kier alpha value is -2.77. The van der Waals surface area contributed by atoms with Crippen molar-refractivity contribution in [2.24, 2.45) is 0 Å². The maximum absolute atomic E-state index is 9.21. The summed E-state index contributed by atoms with van der Waals surface area (Å²) in [6.07, 6.45) is 6.65. The maximum Gasteiger partial charge on any atom is 0.0994 e. The molecule has 2 aliphatic heterocycles. The van der Waals surface area contributed by atoms with Crippen LogP contribution in [0.5, 0.6) is 0 Å². The largest absolute Gasteiger partial charge is 0.382 e. The van der Waals surface area contributed by atoms with Crippen LogP contribution in [0.3, 0.4) is 0 Å². The van der Waals surface area contributed by atoms with E-state index in [0.29, 0.717) is 6.04 Å². The summed E-state index contributed by atoms with van der Waals surface area (Å²) in [4.78, 5) is 2.22. The third kappa shape index (κ3) is 3.70. The quantitative estimate of drug-likeness (QED) is 0.867. The van der Waals surface area contributed by atoms with Gasteiger partial charge in [0.25, 0.3) is 0 Å². The van der Waals surface area contributed by atoms with Crippen LogP contribution in [0.1, 0.15) is 35.1 Å². The molecule has 4 nitrogen and oxygen atoms in total. The van der Waals surface area contributed by atoms with Gasteiger partial charge in [-0.3, -0.25) is 0 Å². The summed E-state index contributed by atoms with van der Waals surface area (Å²) in [5.41, 5.74) is 8.02. The summed E-state index contributed by atoms with van der Waals surface area (Å²) in [7, 11) is 2.12. The van der Waals surface area contributed by atoms with E-state index in [2.05, 4.69) is 65.2 Å². The van der Waals surface area contributed by atoms with E-state index in [1.54, 1.807) is 0 Å². The second-order valence-corrected chi connectivity index (χ2v) is 7.63. The first kappa shape index (κ1) is 17.6. The van der Waals surface area contributed by atoms with Crippen molar-refractivity contribution < 1.29 is 0 Å². The monoisotopic (exact) mass is 358 g/mol. The Labute approximate surface area is 161 Å². The molecule has 27 heavy (non-hydrogen) atoms. The smallest absolute Gasteiger partial charge is 0.0994 e. The topological polar surface area (TPSA) is 51.1 Å². The third-order valence-corrected chi connectivity index (χ3v) is 5.58. The number of fused-ring (bicyclic) bond motifs is 1. The van der Waals surface area contributed by atoms with Crippen LogP contribution in [0.15, 0.2) is 36.5 Å². The molecular formula is C23H26N4. The average molecular weight is 358 g/mol. The van der Waals surface area contributed by atoms with E-state index >= 15 is 0 Å². The van der Waals surface area contributed by atoms with Gasteiger partial charge >= 0.3 is 0 Å². The third-order valence-electron chi connectivity index (χ3n) is 5.58. The number of nitrogens with zero attached hydrogens (tertiary/aromatic N) is 2. The first-order valence-electron chi connectivity index (χ1n) is 9.68. The highest BCUT2D eigenvalue weighted by Crippen LogP contribution is 2.34.